The molecule has 0 saturated carbocycles. The number of nitro groups is 1. The third-order valence-corrected chi connectivity index (χ3v) is 5.35. The van der Waals surface area contributed by atoms with E-state index in [1.165, 1.54) is 29.2 Å². The Kier molecular flexibility index (Phi) is 9.66. The number of sulfonamides is 1. The number of hydrogen-bond acceptors (Lipinski definition) is 7. The van der Waals surface area contributed by atoms with Gasteiger partial charge in [-0.25, -0.2) is 13.1 Å². The van der Waals surface area contributed by atoms with Gasteiger partial charge < -0.3 is 16.8 Å². The van der Waals surface area contributed by atoms with Crippen LogP contribution in [0.1, 0.15) is 12.8 Å². The lowest BCUT2D eigenvalue weighted by Crippen LogP contribution is -2.51. The van der Waals surface area contributed by atoms with Crippen LogP contribution in [0, 0.1) is 10.1 Å². The van der Waals surface area contributed by atoms with Crippen molar-refractivity contribution in [1.29, 1.82) is 0 Å². The van der Waals surface area contributed by atoms with Crippen molar-refractivity contribution in [1.82, 2.24) is 4.72 Å². The van der Waals surface area contributed by atoms with Crippen LogP contribution in [0.15, 0.2) is 59.6 Å². The Bertz CT molecular complexity index is 1170. The van der Waals surface area contributed by atoms with E-state index in [1.807, 2.05) is 0 Å². The molecule has 0 aromatic heterocycles. The molecule has 2 aromatic rings. The number of anilines is 2. The molecule has 0 saturated heterocycles. The van der Waals surface area contributed by atoms with Crippen molar-refractivity contribution in [2.24, 2.45) is 16.5 Å². The van der Waals surface area contributed by atoms with Gasteiger partial charge in [0.25, 0.3) is 5.69 Å². The highest BCUT2D eigenvalue weighted by molar-refractivity contribution is 7.88. The largest absolute Gasteiger partial charge is 0.370 e. The van der Waals surface area contributed by atoms with E-state index in [1.54, 1.807) is 30.3 Å². The smallest absolute Gasteiger partial charge is 0.269 e. The Morgan fingerprint density at radius 3 is 2.29 bits per heavy atom. The molecule has 0 radical (unpaired) electrons. The number of nitrogens with zero attached hydrogens (tertiary/aromatic N) is 3. The summed E-state index contributed by atoms with van der Waals surface area (Å²) in [7, 11) is -3.67. The number of non-ortho nitro benzene ring substituents is 1. The summed E-state index contributed by atoms with van der Waals surface area (Å²) in [6.07, 6.45) is 1.38. The summed E-state index contributed by atoms with van der Waals surface area (Å²) in [5.41, 5.74) is 11.2. The zero-order valence-electron chi connectivity index (χ0n) is 19.0. The van der Waals surface area contributed by atoms with Crippen molar-refractivity contribution in [3.05, 3.63) is 64.7 Å². The van der Waals surface area contributed by atoms with Crippen molar-refractivity contribution in [2.45, 2.75) is 18.9 Å². The topological polar surface area (TPSA) is 203 Å². The number of nitro benzene ring substituents is 1. The fourth-order valence-corrected chi connectivity index (χ4v) is 3.51. The van der Waals surface area contributed by atoms with Gasteiger partial charge in [-0.05, 0) is 37.1 Å². The number of nitrogens with two attached hydrogens (primary N) is 2. The quantitative estimate of drug-likeness (QED) is 0.105. The number of guanidine groups is 1. The molecule has 13 nitrogen and oxygen atoms in total. The Labute approximate surface area is 202 Å². The summed E-state index contributed by atoms with van der Waals surface area (Å²) >= 11 is 0. The first-order valence-electron chi connectivity index (χ1n) is 10.4. The molecule has 0 bridgehead atoms. The van der Waals surface area contributed by atoms with Crippen LogP contribution in [-0.4, -0.2) is 56.5 Å². The van der Waals surface area contributed by atoms with E-state index in [0.717, 1.165) is 6.26 Å². The third-order valence-electron chi connectivity index (χ3n) is 4.68. The van der Waals surface area contributed by atoms with Gasteiger partial charge in [0, 0.05) is 30.1 Å². The molecule has 0 heterocycles. The number of amides is 2. The highest BCUT2D eigenvalue weighted by Gasteiger charge is 2.31. The van der Waals surface area contributed by atoms with Gasteiger partial charge in [0.1, 0.15) is 6.04 Å². The SMILES string of the molecule is CS(=O)(=O)NCC(=O)N(c1ccccc1)[C@@H](CCCN=C(N)N)C(=O)Nc1ccc([N+](=O)[O-])cc1. The molecule has 0 aliphatic carbocycles. The van der Waals surface area contributed by atoms with Crippen LogP contribution >= 0.6 is 0 Å². The zero-order chi connectivity index (χ0) is 26.0. The summed E-state index contributed by atoms with van der Waals surface area (Å²) in [4.78, 5) is 41.9. The highest BCUT2D eigenvalue weighted by atomic mass is 32.2. The van der Waals surface area contributed by atoms with E-state index in [9.17, 15) is 28.1 Å². The van der Waals surface area contributed by atoms with Crippen molar-refractivity contribution < 1.29 is 22.9 Å². The van der Waals surface area contributed by atoms with Gasteiger partial charge in [-0.2, -0.15) is 0 Å². The first-order chi connectivity index (χ1) is 16.5. The maximum atomic E-state index is 13.3. The van der Waals surface area contributed by atoms with Crippen molar-refractivity contribution >= 4 is 44.9 Å². The van der Waals surface area contributed by atoms with Crippen molar-refractivity contribution in [3.8, 4) is 0 Å². The highest BCUT2D eigenvalue weighted by Crippen LogP contribution is 2.22. The van der Waals surface area contributed by atoms with E-state index in [-0.39, 0.29) is 30.3 Å². The Balaban J connectivity index is 2.38. The molecule has 2 rings (SSSR count). The second-order valence-electron chi connectivity index (χ2n) is 7.45. The van der Waals surface area contributed by atoms with Crippen molar-refractivity contribution in [2.75, 3.05) is 29.6 Å². The molecular weight excluding hydrogens is 478 g/mol. The summed E-state index contributed by atoms with van der Waals surface area (Å²) in [6.45, 7) is -0.370. The predicted octanol–water partition coefficient (Wildman–Crippen LogP) is 0.538. The molecule has 2 aromatic carbocycles. The first-order valence-corrected chi connectivity index (χ1v) is 12.3. The minimum Gasteiger partial charge on any atom is -0.370 e. The second kappa shape index (κ2) is 12.4. The lowest BCUT2D eigenvalue weighted by atomic mass is 10.1. The van der Waals surface area contributed by atoms with E-state index in [2.05, 4.69) is 15.0 Å². The number of para-hydroxylation sites is 1. The van der Waals surface area contributed by atoms with Gasteiger partial charge in [0.15, 0.2) is 5.96 Å². The Hall–Kier alpha value is -4.04. The third kappa shape index (κ3) is 9.02. The number of hydrogen-bond donors (Lipinski definition) is 4. The summed E-state index contributed by atoms with van der Waals surface area (Å²) in [5, 5.41) is 13.5. The average Bonchev–Trinajstić information content (AvgIpc) is 2.79. The summed E-state index contributed by atoms with van der Waals surface area (Å²) in [5.74, 6) is -1.36. The number of carbonyl (C=O) groups excluding carboxylic acids is 2. The van der Waals surface area contributed by atoms with E-state index < -0.39 is 39.3 Å². The van der Waals surface area contributed by atoms with Gasteiger partial charge in [-0.3, -0.25) is 29.6 Å². The number of nitrogens with one attached hydrogen (secondary N) is 2. The van der Waals surface area contributed by atoms with Gasteiger partial charge in [0.2, 0.25) is 21.8 Å². The fraction of sp³-hybridized carbons (Fsp3) is 0.286. The van der Waals surface area contributed by atoms with Crippen LogP contribution in [0.2, 0.25) is 0 Å². The second-order valence-corrected chi connectivity index (χ2v) is 9.28. The van der Waals surface area contributed by atoms with Gasteiger partial charge in [-0.15, -0.1) is 0 Å². The molecule has 2 amide bonds. The zero-order valence-corrected chi connectivity index (χ0v) is 19.8. The minimum atomic E-state index is -3.67. The fourth-order valence-electron chi connectivity index (χ4n) is 3.13. The predicted molar refractivity (Wildman–Crippen MR) is 132 cm³/mol. The summed E-state index contributed by atoms with van der Waals surface area (Å²) in [6, 6.07) is 12.4. The maximum Gasteiger partial charge on any atom is 0.269 e. The maximum absolute atomic E-state index is 13.3. The lowest BCUT2D eigenvalue weighted by molar-refractivity contribution is -0.384. The molecule has 35 heavy (non-hydrogen) atoms. The number of carbonyl (C=O) groups is 2. The van der Waals surface area contributed by atoms with Gasteiger partial charge in [-0.1, -0.05) is 18.2 Å². The number of rotatable bonds is 12. The normalized spacial score (nSPS) is 11.8. The molecule has 0 fully saturated rings. The molecular formula is C21H27N7O6S. The van der Waals surface area contributed by atoms with Crippen molar-refractivity contribution in [3.63, 3.8) is 0 Å². The van der Waals surface area contributed by atoms with Crippen LogP contribution in [-0.2, 0) is 19.6 Å². The molecule has 0 aliphatic rings. The molecule has 188 valence electrons. The molecule has 1 atom stereocenters. The lowest BCUT2D eigenvalue weighted by Gasteiger charge is -2.31. The minimum absolute atomic E-state index is 0.120. The average molecular weight is 506 g/mol. The molecule has 0 aliphatic heterocycles. The van der Waals surface area contributed by atoms with Crippen LogP contribution in [0.25, 0.3) is 0 Å². The monoisotopic (exact) mass is 505 g/mol. The molecule has 0 spiro atoms. The van der Waals surface area contributed by atoms with E-state index in [4.69, 9.17) is 11.5 Å². The Morgan fingerprint density at radius 1 is 1.11 bits per heavy atom. The van der Waals surface area contributed by atoms with Crippen LogP contribution < -0.4 is 26.4 Å². The van der Waals surface area contributed by atoms with Crippen LogP contribution in [0.3, 0.4) is 0 Å². The number of benzene rings is 2. The molecule has 14 heteroatoms. The number of aliphatic imine (C=N–C) groups is 1. The van der Waals surface area contributed by atoms with Crippen LogP contribution in [0.5, 0.6) is 0 Å². The van der Waals surface area contributed by atoms with Crippen LogP contribution in [0.4, 0.5) is 17.1 Å². The van der Waals surface area contributed by atoms with E-state index in [0.29, 0.717) is 12.1 Å². The molecule has 0 unspecified atom stereocenters. The standard InChI is InChI=1S/C21H27N7O6S/c1-35(33,34)25-14-19(29)27(16-6-3-2-4-7-16)18(8-5-13-24-21(22)23)20(30)26-15-9-11-17(12-10-15)28(31)32/h2-4,6-7,9-12,18,25H,5,8,13-14H2,1H3,(H,26,30)(H4,22,23,24)/t18-/m0/s1. The van der Waals surface area contributed by atoms with Gasteiger partial charge in [0.05, 0.1) is 17.7 Å². The Morgan fingerprint density at radius 2 is 1.74 bits per heavy atom. The van der Waals surface area contributed by atoms with Gasteiger partial charge >= 0.3 is 0 Å². The summed E-state index contributed by atoms with van der Waals surface area (Å²) < 4.78 is 25.2. The molecule has 6 N–H and O–H groups in total. The van der Waals surface area contributed by atoms with E-state index >= 15 is 0 Å². The first kappa shape index (κ1) is 27.2.